The lowest BCUT2D eigenvalue weighted by atomic mass is 10.2. The Morgan fingerprint density at radius 1 is 1.24 bits per heavy atom. The zero-order valence-electron chi connectivity index (χ0n) is 19.0. The Hall–Kier alpha value is -2.85. The van der Waals surface area contributed by atoms with Gasteiger partial charge in [0.05, 0.1) is 27.1 Å². The van der Waals surface area contributed by atoms with Crippen LogP contribution in [0, 0.1) is 0 Å². The Kier molecular flexibility index (Phi) is 8.44. The van der Waals surface area contributed by atoms with Crippen molar-refractivity contribution in [2.45, 2.75) is 23.5 Å². The third kappa shape index (κ3) is 6.35. The van der Waals surface area contributed by atoms with E-state index in [1.165, 1.54) is 14.1 Å². The van der Waals surface area contributed by atoms with E-state index >= 15 is 0 Å². The van der Waals surface area contributed by atoms with Gasteiger partial charge in [0.1, 0.15) is 11.4 Å². The van der Waals surface area contributed by atoms with Gasteiger partial charge >= 0.3 is 17.7 Å². The summed E-state index contributed by atoms with van der Waals surface area (Å²) in [5, 5.41) is 6.57. The SMILES string of the molecule is CCOC=Nc1c(SC(F)(F)F)c(C2=NOCN2C(=O)N(C)C)nn1-c1c(Cl)cc(C(F)(F)F)cc1Cl. The lowest BCUT2D eigenvalue weighted by Crippen LogP contribution is -2.42. The van der Waals surface area contributed by atoms with Crippen molar-refractivity contribution in [2.75, 3.05) is 27.4 Å². The van der Waals surface area contributed by atoms with Crippen molar-refractivity contribution >= 4 is 59.0 Å². The van der Waals surface area contributed by atoms with Crippen LogP contribution in [0.3, 0.4) is 0 Å². The number of thioether (sulfide) groups is 1. The molecule has 37 heavy (non-hydrogen) atoms. The van der Waals surface area contributed by atoms with E-state index in [2.05, 4.69) is 15.2 Å². The maximum atomic E-state index is 13.6. The molecule has 2 aromatic rings. The second kappa shape index (κ2) is 10.9. The van der Waals surface area contributed by atoms with Crippen LogP contribution in [0.4, 0.5) is 37.0 Å². The normalized spacial score (nSPS) is 14.2. The molecule has 0 unspecified atom stereocenters. The first kappa shape index (κ1) is 28.7. The largest absolute Gasteiger partial charge is 0.483 e. The molecular weight excluding hydrogens is 577 g/mol. The van der Waals surface area contributed by atoms with Crippen LogP contribution in [-0.4, -0.2) is 70.8 Å². The Morgan fingerprint density at radius 2 is 1.86 bits per heavy atom. The van der Waals surface area contributed by atoms with Crippen LogP contribution >= 0.6 is 35.0 Å². The molecule has 0 N–H and O–H groups in total. The van der Waals surface area contributed by atoms with Crippen molar-refractivity contribution in [2.24, 2.45) is 10.1 Å². The van der Waals surface area contributed by atoms with Gasteiger partial charge in [-0.2, -0.15) is 36.4 Å². The van der Waals surface area contributed by atoms with Gasteiger partial charge in [-0.15, -0.1) is 0 Å². The maximum absolute atomic E-state index is 13.6. The van der Waals surface area contributed by atoms with E-state index in [-0.39, 0.29) is 6.61 Å². The Bertz CT molecular complexity index is 1230. The van der Waals surface area contributed by atoms with E-state index in [0.717, 1.165) is 16.2 Å². The van der Waals surface area contributed by atoms with Gasteiger partial charge in [-0.05, 0) is 30.8 Å². The summed E-state index contributed by atoms with van der Waals surface area (Å²) >= 11 is 11.5. The summed E-state index contributed by atoms with van der Waals surface area (Å²) in [5.41, 5.74) is -7.01. The third-order valence-corrected chi connectivity index (χ3v) is 5.82. The van der Waals surface area contributed by atoms with Crippen LogP contribution in [0.2, 0.25) is 10.0 Å². The van der Waals surface area contributed by atoms with E-state index < -0.39 is 79.7 Å². The molecule has 18 heteroatoms. The summed E-state index contributed by atoms with van der Waals surface area (Å²) in [4.78, 5) is 22.7. The van der Waals surface area contributed by atoms with Crippen LogP contribution in [0.5, 0.6) is 0 Å². The number of amidine groups is 1. The molecule has 1 aromatic carbocycles. The highest BCUT2D eigenvalue weighted by Gasteiger charge is 2.40. The first-order valence-corrected chi connectivity index (χ1v) is 11.5. The topological polar surface area (TPSA) is 84.6 Å². The predicted molar refractivity (Wildman–Crippen MR) is 124 cm³/mol. The molecule has 0 bridgehead atoms. The molecule has 0 aliphatic carbocycles. The van der Waals surface area contributed by atoms with E-state index in [1.54, 1.807) is 6.92 Å². The summed E-state index contributed by atoms with van der Waals surface area (Å²) in [7, 11) is 2.78. The molecular formula is C19H16Cl2F6N6O3S. The molecule has 0 fully saturated rings. The molecule has 202 valence electrons. The molecule has 9 nitrogen and oxygen atoms in total. The van der Waals surface area contributed by atoms with Gasteiger partial charge in [0.15, 0.2) is 18.9 Å². The number of ether oxygens (including phenoxy) is 1. The number of aliphatic imine (C=N–C) groups is 1. The van der Waals surface area contributed by atoms with Gasteiger partial charge in [0.25, 0.3) is 0 Å². The lowest BCUT2D eigenvalue weighted by molar-refractivity contribution is -0.137. The fourth-order valence-electron chi connectivity index (χ4n) is 2.93. The standard InChI is InChI=1S/C19H16Cl2F6N6O3S/c1-4-35-7-28-16-14(37-19(25,26)27)12(15-30-36-8-32(15)17(34)31(2)3)29-33(16)13-10(20)5-9(6-11(13)21)18(22,23)24/h5-7H,4,8H2,1-3H3. The third-order valence-electron chi connectivity index (χ3n) is 4.43. The highest BCUT2D eigenvalue weighted by molar-refractivity contribution is 8.00. The number of hydrogen-bond donors (Lipinski definition) is 0. The number of urea groups is 1. The summed E-state index contributed by atoms with van der Waals surface area (Å²) in [5.74, 6) is -0.961. The first-order chi connectivity index (χ1) is 17.2. The average molecular weight is 593 g/mol. The average Bonchev–Trinajstić information content (AvgIpc) is 3.37. The minimum absolute atomic E-state index is 0.0969. The number of oxime groups is 1. The highest BCUT2D eigenvalue weighted by atomic mass is 35.5. The Morgan fingerprint density at radius 3 is 2.38 bits per heavy atom. The molecule has 1 aromatic heterocycles. The lowest BCUT2D eigenvalue weighted by Gasteiger charge is -2.19. The van der Waals surface area contributed by atoms with Crippen molar-refractivity contribution in [3.63, 3.8) is 0 Å². The molecule has 0 atom stereocenters. The van der Waals surface area contributed by atoms with Gasteiger partial charge in [0.2, 0.25) is 5.84 Å². The zero-order chi connectivity index (χ0) is 27.7. The van der Waals surface area contributed by atoms with Gasteiger partial charge < -0.3 is 14.5 Å². The van der Waals surface area contributed by atoms with Gasteiger partial charge in [-0.3, -0.25) is 0 Å². The fraction of sp³-hybridized carbons (Fsp3) is 0.368. The zero-order valence-corrected chi connectivity index (χ0v) is 21.3. The maximum Gasteiger partial charge on any atom is 0.446 e. The second-order valence-corrected chi connectivity index (χ2v) is 9.10. The minimum atomic E-state index is -4.89. The molecule has 2 amide bonds. The summed E-state index contributed by atoms with van der Waals surface area (Å²) in [6.45, 7) is 1.24. The molecule has 1 aliphatic rings. The molecule has 2 heterocycles. The van der Waals surface area contributed by atoms with Crippen molar-refractivity contribution in [3.8, 4) is 5.69 Å². The van der Waals surface area contributed by atoms with Crippen LogP contribution in [0.25, 0.3) is 5.69 Å². The molecule has 3 rings (SSSR count). The summed E-state index contributed by atoms with van der Waals surface area (Å²) < 4.78 is 86.3. The Labute approximate surface area is 219 Å². The number of hydrogen-bond acceptors (Lipinski definition) is 7. The molecule has 0 saturated carbocycles. The predicted octanol–water partition coefficient (Wildman–Crippen LogP) is 6.14. The second-order valence-electron chi connectivity index (χ2n) is 7.22. The quantitative estimate of drug-likeness (QED) is 0.174. The smallest absolute Gasteiger partial charge is 0.446 e. The number of benzene rings is 1. The first-order valence-electron chi connectivity index (χ1n) is 9.94. The van der Waals surface area contributed by atoms with Gasteiger partial charge in [0, 0.05) is 14.1 Å². The van der Waals surface area contributed by atoms with Crippen LogP contribution < -0.4 is 0 Å². The van der Waals surface area contributed by atoms with E-state index in [0.29, 0.717) is 16.8 Å². The number of halogens is 8. The molecule has 1 aliphatic heterocycles. The van der Waals surface area contributed by atoms with E-state index in [9.17, 15) is 31.1 Å². The van der Waals surface area contributed by atoms with Gasteiger partial charge in [-0.25, -0.2) is 14.4 Å². The fourth-order valence-corrected chi connectivity index (χ4v) is 4.27. The molecule has 0 radical (unpaired) electrons. The minimum Gasteiger partial charge on any atom is -0.483 e. The highest BCUT2D eigenvalue weighted by Crippen LogP contribution is 2.47. The molecule has 0 spiro atoms. The van der Waals surface area contributed by atoms with Crippen LogP contribution in [-0.2, 0) is 15.8 Å². The van der Waals surface area contributed by atoms with Crippen molar-refractivity contribution < 1.29 is 40.7 Å². The van der Waals surface area contributed by atoms with Crippen molar-refractivity contribution in [1.82, 2.24) is 19.6 Å². The van der Waals surface area contributed by atoms with Crippen LogP contribution in [0.1, 0.15) is 18.2 Å². The number of rotatable bonds is 6. The number of amides is 2. The number of aromatic nitrogens is 2. The van der Waals surface area contributed by atoms with E-state index in [4.69, 9.17) is 32.8 Å². The number of alkyl halides is 6. The van der Waals surface area contributed by atoms with Crippen molar-refractivity contribution in [3.05, 3.63) is 33.4 Å². The van der Waals surface area contributed by atoms with Crippen molar-refractivity contribution in [1.29, 1.82) is 0 Å². The van der Waals surface area contributed by atoms with Crippen LogP contribution in [0.15, 0.2) is 27.2 Å². The summed E-state index contributed by atoms with van der Waals surface area (Å²) in [6, 6.07) is 0.377. The van der Waals surface area contributed by atoms with E-state index in [1.807, 2.05) is 0 Å². The monoisotopic (exact) mass is 592 g/mol. The number of carbonyl (C=O) groups is 1. The van der Waals surface area contributed by atoms with Gasteiger partial charge in [-0.1, -0.05) is 28.4 Å². The Balaban J connectivity index is 2.33. The summed E-state index contributed by atoms with van der Waals surface area (Å²) in [6.07, 6.45) is -3.99. The number of carbonyl (C=O) groups excluding carboxylic acids is 1. The molecule has 0 saturated heterocycles. The number of nitrogens with zero attached hydrogens (tertiary/aromatic N) is 6.